The second-order valence-corrected chi connectivity index (χ2v) is 11.7. The van der Waals surface area contributed by atoms with Gasteiger partial charge >= 0.3 is 0 Å². The number of fused-ring (bicyclic) bond motifs is 1. The molecule has 0 bridgehead atoms. The van der Waals surface area contributed by atoms with Gasteiger partial charge in [0.2, 0.25) is 11.8 Å². The molecule has 13 nitrogen and oxygen atoms in total. The quantitative estimate of drug-likeness (QED) is 0.448. The van der Waals surface area contributed by atoms with E-state index in [4.69, 9.17) is 0 Å². The minimum absolute atomic E-state index is 0.0586. The van der Waals surface area contributed by atoms with Crippen LogP contribution in [0, 0.1) is 5.41 Å². The molecular weight excluding hydrogens is 490 g/mol. The van der Waals surface area contributed by atoms with E-state index in [1.54, 1.807) is 18.7 Å². The van der Waals surface area contributed by atoms with E-state index in [0.717, 1.165) is 18.5 Å². The molecule has 0 radical (unpaired) electrons. The van der Waals surface area contributed by atoms with Gasteiger partial charge in [-0.25, -0.2) is 9.67 Å². The first-order valence-electron chi connectivity index (χ1n) is 13.0. The molecule has 1 aliphatic carbocycles. The number of carbonyl (C=O) groups is 2. The summed E-state index contributed by atoms with van der Waals surface area (Å²) in [6.07, 6.45) is 6.21. The first kappa shape index (κ1) is 26.0. The third-order valence-corrected chi connectivity index (χ3v) is 7.28. The molecule has 4 atom stereocenters. The van der Waals surface area contributed by atoms with E-state index in [-0.39, 0.29) is 36.9 Å². The van der Waals surface area contributed by atoms with Crippen molar-refractivity contribution in [1.82, 2.24) is 44.5 Å². The average Bonchev–Trinajstić information content (AvgIpc) is 3.25. The van der Waals surface area contributed by atoms with Crippen molar-refractivity contribution in [2.24, 2.45) is 12.5 Å². The van der Waals surface area contributed by atoms with Crippen molar-refractivity contribution in [1.29, 1.82) is 0 Å². The number of aliphatic hydroxyl groups excluding tert-OH is 1. The molecule has 13 heteroatoms. The van der Waals surface area contributed by atoms with Crippen LogP contribution in [0.4, 0.5) is 0 Å². The summed E-state index contributed by atoms with van der Waals surface area (Å²) in [5.74, 6) is -0.262. The van der Waals surface area contributed by atoms with E-state index >= 15 is 0 Å². The molecule has 2 amide bonds. The number of amides is 2. The summed E-state index contributed by atoms with van der Waals surface area (Å²) < 4.78 is 4.56. The van der Waals surface area contributed by atoms with E-state index in [9.17, 15) is 19.5 Å². The second-order valence-electron chi connectivity index (χ2n) is 11.7. The van der Waals surface area contributed by atoms with Crippen LogP contribution in [-0.2, 0) is 23.2 Å². The number of hydrogen-bond donors (Lipinski definition) is 2. The fourth-order valence-electron chi connectivity index (χ4n) is 5.20. The zero-order chi connectivity index (χ0) is 27.4. The first-order chi connectivity index (χ1) is 17.9. The highest BCUT2D eigenvalue weighted by Crippen LogP contribution is 2.40. The average molecular weight is 526 g/mol. The number of likely N-dealkylation sites (tertiary alicyclic amines) is 1. The lowest BCUT2D eigenvalue weighted by Gasteiger charge is -2.34. The molecule has 1 saturated heterocycles. The molecule has 3 aromatic heterocycles. The Morgan fingerprint density at radius 2 is 2.00 bits per heavy atom. The van der Waals surface area contributed by atoms with Gasteiger partial charge in [0.1, 0.15) is 23.8 Å². The van der Waals surface area contributed by atoms with Crippen LogP contribution in [0.5, 0.6) is 0 Å². The highest BCUT2D eigenvalue weighted by atomic mass is 16.3. The Balaban J connectivity index is 1.31. The number of hydrogen-bond acceptors (Lipinski definition) is 8. The topological polar surface area (TPSA) is 153 Å². The standard InChI is InChI=1S/C25H35N9O4/c1-14(10-32-13-26-21-17(23(32)37)9-27-31(21)5)28-22(36)19-8-16(35)11-33(19)24(38)20(25(2,3)4)34-12-18(29-30-34)15-6-7-15/h9,12-16,19-20,35H,6-8,10-11H2,1-5H3,(H,28,36)/t14?,16?,19?,20-/m1/s1. The van der Waals surface area contributed by atoms with Crippen molar-refractivity contribution in [2.45, 2.75) is 83.6 Å². The summed E-state index contributed by atoms with van der Waals surface area (Å²) in [5.41, 5.74) is 0.614. The molecule has 4 heterocycles. The predicted molar refractivity (Wildman–Crippen MR) is 137 cm³/mol. The fourth-order valence-corrected chi connectivity index (χ4v) is 5.20. The number of aromatic nitrogens is 7. The van der Waals surface area contributed by atoms with Crippen molar-refractivity contribution in [2.75, 3.05) is 6.54 Å². The van der Waals surface area contributed by atoms with Gasteiger partial charge in [-0.15, -0.1) is 5.10 Å². The van der Waals surface area contributed by atoms with E-state index in [2.05, 4.69) is 25.7 Å². The van der Waals surface area contributed by atoms with Gasteiger partial charge in [0.25, 0.3) is 5.56 Å². The van der Waals surface area contributed by atoms with Crippen molar-refractivity contribution in [3.8, 4) is 0 Å². The normalized spacial score (nSPS) is 21.6. The number of aliphatic hydroxyl groups is 1. The van der Waals surface area contributed by atoms with Gasteiger partial charge in [0.15, 0.2) is 5.65 Å². The molecule has 38 heavy (non-hydrogen) atoms. The van der Waals surface area contributed by atoms with E-state index in [0.29, 0.717) is 17.0 Å². The van der Waals surface area contributed by atoms with Gasteiger partial charge in [-0.3, -0.25) is 23.6 Å². The molecule has 5 rings (SSSR count). The number of aryl methyl sites for hydroxylation is 1. The number of β-amino-alcohol motifs (C(OH)–C–C–N with tert-alkyl or cyclic N) is 1. The van der Waals surface area contributed by atoms with Gasteiger partial charge < -0.3 is 15.3 Å². The summed E-state index contributed by atoms with van der Waals surface area (Å²) in [7, 11) is 1.71. The zero-order valence-corrected chi connectivity index (χ0v) is 22.4. The van der Waals surface area contributed by atoms with Crippen LogP contribution in [0.15, 0.2) is 23.5 Å². The molecule has 1 aliphatic heterocycles. The lowest BCUT2D eigenvalue weighted by Crippen LogP contribution is -2.52. The summed E-state index contributed by atoms with van der Waals surface area (Å²) in [6.45, 7) is 7.87. The van der Waals surface area contributed by atoms with Crippen LogP contribution < -0.4 is 10.9 Å². The van der Waals surface area contributed by atoms with Gasteiger partial charge in [0, 0.05) is 44.7 Å². The van der Waals surface area contributed by atoms with Crippen molar-refractivity contribution in [3.05, 3.63) is 34.8 Å². The minimum Gasteiger partial charge on any atom is -0.391 e. The molecule has 1 saturated carbocycles. The number of rotatable bonds is 7. The molecule has 204 valence electrons. The number of nitrogens with zero attached hydrogens (tertiary/aromatic N) is 8. The predicted octanol–water partition coefficient (Wildman–Crippen LogP) is 0.353. The van der Waals surface area contributed by atoms with Crippen LogP contribution in [0.3, 0.4) is 0 Å². The zero-order valence-electron chi connectivity index (χ0n) is 22.4. The van der Waals surface area contributed by atoms with Gasteiger partial charge in [-0.05, 0) is 25.2 Å². The van der Waals surface area contributed by atoms with E-state index in [1.165, 1.54) is 26.7 Å². The van der Waals surface area contributed by atoms with Crippen LogP contribution in [-0.4, -0.2) is 80.9 Å². The Morgan fingerprint density at radius 3 is 2.68 bits per heavy atom. The monoisotopic (exact) mass is 525 g/mol. The second kappa shape index (κ2) is 9.61. The smallest absolute Gasteiger partial charge is 0.264 e. The first-order valence-corrected chi connectivity index (χ1v) is 13.0. The van der Waals surface area contributed by atoms with Gasteiger partial charge in [0.05, 0.1) is 18.0 Å². The SMILES string of the molecule is CC(Cn1cnc2c(cnn2C)c1=O)NC(=O)C1CC(O)CN1C(=O)[C@@H](n1cc(C2CC2)nn1)C(C)(C)C. The number of carbonyl (C=O) groups excluding carboxylic acids is 2. The lowest BCUT2D eigenvalue weighted by molar-refractivity contribution is -0.144. The van der Waals surface area contributed by atoms with Crippen LogP contribution in [0.2, 0.25) is 0 Å². The summed E-state index contributed by atoms with van der Waals surface area (Å²) in [5, 5.41) is 26.4. The largest absolute Gasteiger partial charge is 0.391 e. The Kier molecular flexibility index (Phi) is 6.58. The Bertz CT molecular complexity index is 1410. The Hall–Kier alpha value is -3.61. The maximum absolute atomic E-state index is 13.9. The van der Waals surface area contributed by atoms with E-state index in [1.807, 2.05) is 27.0 Å². The molecule has 0 spiro atoms. The van der Waals surface area contributed by atoms with Crippen LogP contribution >= 0.6 is 0 Å². The maximum atomic E-state index is 13.9. The van der Waals surface area contributed by atoms with Crippen molar-refractivity contribution in [3.63, 3.8) is 0 Å². The molecule has 3 unspecified atom stereocenters. The van der Waals surface area contributed by atoms with Crippen molar-refractivity contribution >= 4 is 22.8 Å². The highest BCUT2D eigenvalue weighted by Gasteiger charge is 2.45. The third kappa shape index (κ3) is 4.94. The van der Waals surface area contributed by atoms with Gasteiger partial charge in [-0.2, -0.15) is 5.10 Å². The summed E-state index contributed by atoms with van der Waals surface area (Å²) >= 11 is 0. The van der Waals surface area contributed by atoms with Crippen LogP contribution in [0.25, 0.3) is 11.0 Å². The maximum Gasteiger partial charge on any atom is 0.264 e. The van der Waals surface area contributed by atoms with E-state index < -0.39 is 29.6 Å². The fraction of sp³-hybridized carbons (Fsp3) is 0.640. The molecule has 2 aliphatic rings. The van der Waals surface area contributed by atoms with Crippen LogP contribution in [0.1, 0.15) is 64.6 Å². The lowest BCUT2D eigenvalue weighted by atomic mass is 9.85. The Morgan fingerprint density at radius 1 is 1.26 bits per heavy atom. The van der Waals surface area contributed by atoms with Gasteiger partial charge in [-0.1, -0.05) is 26.0 Å². The molecule has 3 aromatic rings. The molecule has 0 aromatic carbocycles. The molecular formula is C25H35N9O4. The highest BCUT2D eigenvalue weighted by molar-refractivity contribution is 5.90. The minimum atomic E-state index is -0.841. The molecule has 2 N–H and O–H groups in total. The number of nitrogens with one attached hydrogen (secondary N) is 1. The van der Waals surface area contributed by atoms with Crippen molar-refractivity contribution < 1.29 is 14.7 Å². The molecule has 2 fully saturated rings. The summed E-state index contributed by atoms with van der Waals surface area (Å²) in [4.78, 5) is 45.8. The third-order valence-electron chi connectivity index (χ3n) is 7.28. The Labute approximate surface area is 219 Å². The summed E-state index contributed by atoms with van der Waals surface area (Å²) in [6, 6.07) is -1.95.